The molecule has 0 fully saturated rings. The molecule has 2 rings (SSSR count). The van der Waals surface area contributed by atoms with Crippen LogP contribution in [-0.4, -0.2) is 31.8 Å². The number of guanidine groups is 1. The molecular weight excluding hydrogens is 306 g/mol. The van der Waals surface area contributed by atoms with E-state index in [9.17, 15) is 5.11 Å². The van der Waals surface area contributed by atoms with Gasteiger partial charge < -0.3 is 25.6 Å². The number of nitrogens with zero attached hydrogens (tertiary/aromatic N) is 1. The molecule has 128 valence electrons. The van der Waals surface area contributed by atoms with E-state index >= 15 is 0 Å². The van der Waals surface area contributed by atoms with Gasteiger partial charge in [0.1, 0.15) is 0 Å². The van der Waals surface area contributed by atoms with Gasteiger partial charge in [-0.25, -0.2) is 0 Å². The molecule has 2 aromatic rings. The lowest BCUT2D eigenvalue weighted by atomic mass is 10.1. The van der Waals surface area contributed by atoms with Crippen LogP contribution >= 0.6 is 0 Å². The first kappa shape index (κ1) is 17.6. The number of anilines is 1. The second-order valence-corrected chi connectivity index (χ2v) is 5.35. The van der Waals surface area contributed by atoms with Crippen molar-refractivity contribution >= 4 is 11.6 Å². The van der Waals surface area contributed by atoms with Gasteiger partial charge in [-0.2, -0.15) is 0 Å². The lowest BCUT2D eigenvalue weighted by Gasteiger charge is -2.12. The summed E-state index contributed by atoms with van der Waals surface area (Å²) in [6.45, 7) is 2.18. The van der Waals surface area contributed by atoms with Gasteiger partial charge in [-0.1, -0.05) is 29.8 Å². The number of aryl methyl sites for hydroxylation is 1. The van der Waals surface area contributed by atoms with E-state index in [1.165, 1.54) is 0 Å². The molecule has 0 heterocycles. The number of hydrogen-bond acceptors (Lipinski definition) is 4. The van der Waals surface area contributed by atoms with Crippen LogP contribution in [0.4, 0.5) is 5.69 Å². The van der Waals surface area contributed by atoms with Crippen LogP contribution in [0, 0.1) is 6.92 Å². The standard InChI is InChI=1S/C18H23N3O3/c1-12-4-6-13(7-5-12)15(22)11-20-18(19)21-14-8-9-16(23-2)17(10-14)24-3/h4-10,15,22H,11H2,1-3H3,(H3,19,20,21). The van der Waals surface area contributed by atoms with E-state index < -0.39 is 6.10 Å². The molecule has 0 aliphatic carbocycles. The smallest absolute Gasteiger partial charge is 0.193 e. The highest BCUT2D eigenvalue weighted by molar-refractivity contribution is 5.92. The van der Waals surface area contributed by atoms with E-state index in [0.29, 0.717) is 11.5 Å². The lowest BCUT2D eigenvalue weighted by Crippen LogP contribution is -2.23. The van der Waals surface area contributed by atoms with E-state index in [1.54, 1.807) is 32.4 Å². The van der Waals surface area contributed by atoms with E-state index in [1.807, 2.05) is 31.2 Å². The van der Waals surface area contributed by atoms with Crippen molar-refractivity contribution in [2.24, 2.45) is 10.7 Å². The fraction of sp³-hybridized carbons (Fsp3) is 0.278. The van der Waals surface area contributed by atoms with Gasteiger partial charge in [0, 0.05) is 11.8 Å². The summed E-state index contributed by atoms with van der Waals surface area (Å²) >= 11 is 0. The van der Waals surface area contributed by atoms with E-state index in [-0.39, 0.29) is 12.5 Å². The van der Waals surface area contributed by atoms with Crippen molar-refractivity contribution in [3.63, 3.8) is 0 Å². The second kappa shape index (κ2) is 8.21. The van der Waals surface area contributed by atoms with Crippen molar-refractivity contribution in [1.82, 2.24) is 0 Å². The molecule has 6 heteroatoms. The number of nitrogens with two attached hydrogens (primary N) is 1. The Morgan fingerprint density at radius 1 is 1.12 bits per heavy atom. The Kier molecular flexibility index (Phi) is 6.03. The molecule has 4 N–H and O–H groups in total. The van der Waals surface area contributed by atoms with Crippen LogP contribution in [0.25, 0.3) is 0 Å². The summed E-state index contributed by atoms with van der Waals surface area (Å²) in [7, 11) is 3.14. The Hall–Kier alpha value is -2.73. The van der Waals surface area contributed by atoms with Crippen molar-refractivity contribution in [3.8, 4) is 11.5 Å². The summed E-state index contributed by atoms with van der Waals surface area (Å²) in [6.07, 6.45) is -0.698. The number of methoxy groups -OCH3 is 2. The summed E-state index contributed by atoms with van der Waals surface area (Å²) in [5.41, 5.74) is 8.55. The van der Waals surface area contributed by atoms with E-state index in [0.717, 1.165) is 16.8 Å². The molecule has 0 saturated heterocycles. The maximum atomic E-state index is 10.1. The Morgan fingerprint density at radius 3 is 2.42 bits per heavy atom. The van der Waals surface area contributed by atoms with Crippen molar-refractivity contribution in [2.45, 2.75) is 13.0 Å². The Morgan fingerprint density at radius 2 is 1.79 bits per heavy atom. The van der Waals surface area contributed by atoms with Crippen LogP contribution in [0.5, 0.6) is 11.5 Å². The maximum Gasteiger partial charge on any atom is 0.193 e. The molecule has 0 aliphatic rings. The molecule has 1 unspecified atom stereocenters. The minimum absolute atomic E-state index is 0.176. The number of aliphatic hydroxyl groups is 1. The average Bonchev–Trinajstić information content (AvgIpc) is 2.60. The molecule has 6 nitrogen and oxygen atoms in total. The van der Waals surface area contributed by atoms with Crippen molar-refractivity contribution < 1.29 is 14.6 Å². The third-order valence-electron chi connectivity index (χ3n) is 3.55. The zero-order valence-corrected chi connectivity index (χ0v) is 14.1. The third kappa shape index (κ3) is 4.63. The minimum atomic E-state index is -0.698. The van der Waals surface area contributed by atoms with Crippen LogP contribution in [0.15, 0.2) is 47.5 Å². The quantitative estimate of drug-likeness (QED) is 0.559. The average molecular weight is 329 g/mol. The van der Waals surface area contributed by atoms with E-state index in [4.69, 9.17) is 15.2 Å². The monoisotopic (exact) mass is 329 g/mol. The maximum absolute atomic E-state index is 10.1. The van der Waals surface area contributed by atoms with Gasteiger partial charge in [0.2, 0.25) is 0 Å². The summed E-state index contributed by atoms with van der Waals surface area (Å²) < 4.78 is 10.4. The number of nitrogens with one attached hydrogen (secondary N) is 1. The largest absolute Gasteiger partial charge is 0.493 e. The van der Waals surface area contributed by atoms with Gasteiger partial charge >= 0.3 is 0 Å². The normalized spacial score (nSPS) is 12.6. The van der Waals surface area contributed by atoms with Crippen molar-refractivity contribution in [1.29, 1.82) is 0 Å². The van der Waals surface area contributed by atoms with Gasteiger partial charge in [-0.3, -0.25) is 4.99 Å². The highest BCUT2D eigenvalue weighted by Crippen LogP contribution is 2.29. The topological polar surface area (TPSA) is 89.1 Å². The summed E-state index contributed by atoms with van der Waals surface area (Å²) in [6, 6.07) is 13.0. The molecule has 24 heavy (non-hydrogen) atoms. The highest BCUT2D eigenvalue weighted by Gasteiger charge is 2.08. The number of hydrogen-bond donors (Lipinski definition) is 3. The van der Waals surface area contributed by atoms with Gasteiger partial charge in [-0.05, 0) is 24.6 Å². The Labute approximate surface area is 141 Å². The molecule has 2 aromatic carbocycles. The van der Waals surface area contributed by atoms with Crippen LogP contribution < -0.4 is 20.5 Å². The summed E-state index contributed by atoms with van der Waals surface area (Å²) in [5, 5.41) is 13.1. The summed E-state index contributed by atoms with van der Waals surface area (Å²) in [5.74, 6) is 1.44. The Balaban J connectivity index is 1.99. The molecule has 0 aliphatic heterocycles. The van der Waals surface area contributed by atoms with Gasteiger partial charge in [0.25, 0.3) is 0 Å². The molecular formula is C18H23N3O3. The molecule has 0 saturated carbocycles. The fourth-order valence-electron chi connectivity index (χ4n) is 2.18. The van der Waals surface area contributed by atoms with Gasteiger partial charge in [-0.15, -0.1) is 0 Å². The first-order valence-electron chi connectivity index (χ1n) is 7.57. The zero-order valence-electron chi connectivity index (χ0n) is 14.1. The Bertz CT molecular complexity index is 699. The molecule has 0 aromatic heterocycles. The van der Waals surface area contributed by atoms with Crippen molar-refractivity contribution in [3.05, 3.63) is 53.6 Å². The SMILES string of the molecule is COc1ccc(NC(N)=NCC(O)c2ccc(C)cc2)cc1OC. The predicted octanol–water partition coefficient (Wildman–Crippen LogP) is 2.47. The third-order valence-corrected chi connectivity index (χ3v) is 3.55. The fourth-order valence-corrected chi connectivity index (χ4v) is 2.18. The number of ether oxygens (including phenoxy) is 2. The van der Waals surface area contributed by atoms with E-state index in [2.05, 4.69) is 10.3 Å². The van der Waals surface area contributed by atoms with Crippen LogP contribution in [0.3, 0.4) is 0 Å². The van der Waals surface area contributed by atoms with Crippen LogP contribution in [0.1, 0.15) is 17.2 Å². The highest BCUT2D eigenvalue weighted by atomic mass is 16.5. The number of rotatable bonds is 6. The van der Waals surface area contributed by atoms with Crippen LogP contribution in [-0.2, 0) is 0 Å². The van der Waals surface area contributed by atoms with Gasteiger partial charge in [0.15, 0.2) is 17.5 Å². The first-order chi connectivity index (χ1) is 11.5. The molecule has 0 spiro atoms. The lowest BCUT2D eigenvalue weighted by molar-refractivity contribution is 0.187. The van der Waals surface area contributed by atoms with Crippen molar-refractivity contribution in [2.75, 3.05) is 26.1 Å². The predicted molar refractivity (Wildman–Crippen MR) is 95.8 cm³/mol. The molecule has 0 radical (unpaired) electrons. The number of benzene rings is 2. The second-order valence-electron chi connectivity index (χ2n) is 5.35. The number of aliphatic hydroxyl groups excluding tert-OH is 1. The van der Waals surface area contributed by atoms with Gasteiger partial charge in [0.05, 0.1) is 26.9 Å². The minimum Gasteiger partial charge on any atom is -0.493 e. The summed E-state index contributed by atoms with van der Waals surface area (Å²) in [4.78, 5) is 4.18. The zero-order chi connectivity index (χ0) is 17.5. The van der Waals surface area contributed by atoms with Crippen LogP contribution in [0.2, 0.25) is 0 Å². The molecule has 0 amide bonds. The molecule has 0 bridgehead atoms. The first-order valence-corrected chi connectivity index (χ1v) is 7.57. The molecule has 1 atom stereocenters. The number of aliphatic imine (C=N–C) groups is 1.